The largest absolute Gasteiger partial charge is 0.491 e. The van der Waals surface area contributed by atoms with Crippen molar-refractivity contribution in [1.82, 2.24) is 29.5 Å². The van der Waals surface area contributed by atoms with Crippen molar-refractivity contribution >= 4 is 10.9 Å². The average Bonchev–Trinajstić information content (AvgIpc) is 3.49. The summed E-state index contributed by atoms with van der Waals surface area (Å²) in [6.07, 6.45) is 8.43. The molecule has 0 saturated carbocycles. The van der Waals surface area contributed by atoms with Crippen LogP contribution in [0.3, 0.4) is 0 Å². The molecule has 0 radical (unpaired) electrons. The molecule has 1 aliphatic rings. The van der Waals surface area contributed by atoms with Gasteiger partial charge in [0, 0.05) is 30.0 Å². The van der Waals surface area contributed by atoms with Gasteiger partial charge in [-0.05, 0) is 64.3 Å². The van der Waals surface area contributed by atoms with Crippen LogP contribution in [-0.2, 0) is 4.74 Å². The fourth-order valence-corrected chi connectivity index (χ4v) is 4.20. The van der Waals surface area contributed by atoms with E-state index < -0.39 is 0 Å². The minimum atomic E-state index is -0.108. The van der Waals surface area contributed by atoms with Gasteiger partial charge in [-0.15, -0.1) is 0 Å². The first-order valence-corrected chi connectivity index (χ1v) is 11.8. The van der Waals surface area contributed by atoms with Crippen LogP contribution in [0.4, 0.5) is 0 Å². The molecule has 0 bridgehead atoms. The molecule has 1 N–H and O–H groups in total. The predicted molar refractivity (Wildman–Crippen MR) is 128 cm³/mol. The first kappa shape index (κ1) is 22.5. The lowest BCUT2D eigenvalue weighted by molar-refractivity contribution is -0.0365. The highest BCUT2D eigenvalue weighted by Gasteiger charge is 2.23. The molecule has 178 valence electrons. The van der Waals surface area contributed by atoms with Crippen LogP contribution in [0.2, 0.25) is 0 Å². The van der Waals surface area contributed by atoms with Crippen molar-refractivity contribution in [3.63, 3.8) is 0 Å². The summed E-state index contributed by atoms with van der Waals surface area (Å²) in [5.74, 6) is 1.31. The second kappa shape index (κ2) is 9.52. The van der Waals surface area contributed by atoms with Crippen molar-refractivity contribution in [3.05, 3.63) is 42.9 Å². The Labute approximate surface area is 198 Å². The topological polar surface area (TPSA) is 100 Å². The van der Waals surface area contributed by atoms with Crippen molar-refractivity contribution in [2.45, 2.75) is 58.4 Å². The van der Waals surface area contributed by atoms with Gasteiger partial charge in [-0.1, -0.05) is 0 Å². The molecule has 34 heavy (non-hydrogen) atoms. The zero-order valence-electron chi connectivity index (χ0n) is 19.8. The minimum absolute atomic E-state index is 0.0174. The summed E-state index contributed by atoms with van der Waals surface area (Å²) in [6, 6.07) is 7.76. The van der Waals surface area contributed by atoms with E-state index in [0.717, 1.165) is 53.8 Å². The van der Waals surface area contributed by atoms with Crippen LogP contribution in [0.15, 0.2) is 42.9 Å². The van der Waals surface area contributed by atoms with Crippen LogP contribution in [0, 0.1) is 0 Å². The van der Waals surface area contributed by atoms with E-state index in [1.807, 2.05) is 55.9 Å². The Hall–Kier alpha value is -3.30. The fraction of sp³-hybridized carbons (Fsp3) is 0.440. The van der Waals surface area contributed by atoms with Crippen LogP contribution in [0.5, 0.6) is 5.75 Å². The molecule has 5 rings (SSSR count). The van der Waals surface area contributed by atoms with E-state index in [-0.39, 0.29) is 25.0 Å². The molecule has 9 nitrogen and oxygen atoms in total. The molecule has 9 heteroatoms. The predicted octanol–water partition coefficient (Wildman–Crippen LogP) is 4.40. The van der Waals surface area contributed by atoms with Gasteiger partial charge in [0.15, 0.2) is 12.1 Å². The maximum atomic E-state index is 9.43. The Balaban J connectivity index is 1.59. The number of nitrogens with zero attached hydrogens (tertiary/aromatic N) is 6. The van der Waals surface area contributed by atoms with Crippen LogP contribution < -0.4 is 4.74 Å². The summed E-state index contributed by atoms with van der Waals surface area (Å²) in [6.45, 7) is 6.68. The number of rotatable bonds is 7. The van der Waals surface area contributed by atoms with Gasteiger partial charge in [0.2, 0.25) is 0 Å². The summed E-state index contributed by atoms with van der Waals surface area (Å²) in [5.41, 5.74) is 3.26. The molecule has 1 aliphatic heterocycles. The number of hydrogen-bond donors (Lipinski definition) is 1. The number of aliphatic hydroxyl groups excluding tert-OH is 1. The maximum Gasteiger partial charge on any atom is 0.181 e. The van der Waals surface area contributed by atoms with Gasteiger partial charge in [0.05, 0.1) is 36.2 Å². The molecule has 4 heterocycles. The van der Waals surface area contributed by atoms with Gasteiger partial charge in [0.25, 0.3) is 0 Å². The number of benzene rings is 1. The van der Waals surface area contributed by atoms with Crippen molar-refractivity contribution in [3.8, 4) is 28.5 Å². The smallest absolute Gasteiger partial charge is 0.181 e. The zero-order valence-corrected chi connectivity index (χ0v) is 19.8. The summed E-state index contributed by atoms with van der Waals surface area (Å²) in [5, 5.41) is 19.7. The summed E-state index contributed by atoms with van der Waals surface area (Å²) in [7, 11) is 0. The van der Waals surface area contributed by atoms with Crippen LogP contribution in [0.25, 0.3) is 33.7 Å². The Kier molecular flexibility index (Phi) is 6.30. The normalized spacial score (nSPS) is 17.4. The molecule has 1 aromatic carbocycles. The van der Waals surface area contributed by atoms with Crippen LogP contribution in [0.1, 0.15) is 52.3 Å². The van der Waals surface area contributed by atoms with Gasteiger partial charge in [-0.2, -0.15) is 10.2 Å². The van der Waals surface area contributed by atoms with E-state index in [2.05, 4.69) is 10.1 Å². The number of hydrogen-bond acceptors (Lipinski definition) is 7. The number of aromatic nitrogens is 6. The van der Waals surface area contributed by atoms with Crippen molar-refractivity contribution in [1.29, 1.82) is 0 Å². The van der Waals surface area contributed by atoms with Crippen molar-refractivity contribution in [2.75, 3.05) is 13.2 Å². The Morgan fingerprint density at radius 1 is 1.21 bits per heavy atom. The zero-order chi connectivity index (χ0) is 23.7. The highest BCUT2D eigenvalue weighted by Crippen LogP contribution is 2.34. The Morgan fingerprint density at radius 3 is 2.85 bits per heavy atom. The summed E-state index contributed by atoms with van der Waals surface area (Å²) < 4.78 is 15.7. The molecular weight excluding hydrogens is 432 g/mol. The minimum Gasteiger partial charge on any atom is -0.491 e. The molecule has 2 atom stereocenters. The molecule has 0 aliphatic carbocycles. The molecular formula is C25H30N6O3. The highest BCUT2D eigenvalue weighted by atomic mass is 16.5. The lowest BCUT2D eigenvalue weighted by Crippen LogP contribution is -2.19. The molecule has 1 saturated heterocycles. The number of aliphatic hydroxyl groups is 1. The van der Waals surface area contributed by atoms with Gasteiger partial charge >= 0.3 is 0 Å². The third-order valence-corrected chi connectivity index (χ3v) is 5.96. The van der Waals surface area contributed by atoms with E-state index in [4.69, 9.17) is 19.6 Å². The van der Waals surface area contributed by atoms with E-state index in [9.17, 15) is 5.11 Å². The summed E-state index contributed by atoms with van der Waals surface area (Å²) >= 11 is 0. The molecule has 3 aromatic heterocycles. The number of ether oxygens (including phenoxy) is 2. The van der Waals surface area contributed by atoms with Crippen LogP contribution in [-0.4, -0.2) is 54.0 Å². The lowest BCUT2D eigenvalue weighted by Gasteiger charge is -2.23. The average molecular weight is 463 g/mol. The van der Waals surface area contributed by atoms with E-state index >= 15 is 0 Å². The van der Waals surface area contributed by atoms with Gasteiger partial charge < -0.3 is 14.6 Å². The second-order valence-electron chi connectivity index (χ2n) is 8.97. The third kappa shape index (κ3) is 4.41. The first-order valence-electron chi connectivity index (χ1n) is 11.8. The van der Waals surface area contributed by atoms with E-state index in [1.54, 1.807) is 17.1 Å². The van der Waals surface area contributed by atoms with E-state index in [0.29, 0.717) is 11.5 Å². The maximum absolute atomic E-state index is 9.43. The van der Waals surface area contributed by atoms with Gasteiger partial charge in [-0.3, -0.25) is 4.68 Å². The SMILES string of the molecule is CC(C)Oc1ccc2c(c1)c(-c1nccc(-c3cnn([C@@H](C)CO)c3)n1)nn2C1CCCCO1. The Morgan fingerprint density at radius 2 is 2.09 bits per heavy atom. The second-order valence-corrected chi connectivity index (χ2v) is 8.97. The monoisotopic (exact) mass is 462 g/mol. The fourth-order valence-electron chi connectivity index (χ4n) is 4.20. The van der Waals surface area contributed by atoms with Crippen molar-refractivity contribution < 1.29 is 14.6 Å². The highest BCUT2D eigenvalue weighted by molar-refractivity contribution is 5.93. The molecule has 0 amide bonds. The van der Waals surface area contributed by atoms with E-state index in [1.165, 1.54) is 0 Å². The quantitative estimate of drug-likeness (QED) is 0.435. The Bertz CT molecular complexity index is 1270. The lowest BCUT2D eigenvalue weighted by atomic mass is 10.1. The first-order chi connectivity index (χ1) is 16.5. The van der Waals surface area contributed by atoms with Gasteiger partial charge in [-0.25, -0.2) is 14.6 Å². The standard InChI is InChI=1S/C25H30N6O3/c1-16(2)34-19-7-8-22-20(12-19)24(29-31(22)23-6-4-5-11-33-23)25-26-10-9-21(28-25)18-13-27-30(14-18)17(3)15-32/h7-10,12-14,16-17,23,32H,4-6,11,15H2,1-3H3/t17-,23?/m0/s1. The molecule has 0 spiro atoms. The number of fused-ring (bicyclic) bond motifs is 1. The third-order valence-electron chi connectivity index (χ3n) is 5.96. The van der Waals surface area contributed by atoms with Crippen LogP contribution >= 0.6 is 0 Å². The molecule has 1 unspecified atom stereocenters. The summed E-state index contributed by atoms with van der Waals surface area (Å²) in [4.78, 5) is 9.38. The molecule has 1 fully saturated rings. The van der Waals surface area contributed by atoms with Gasteiger partial charge in [0.1, 0.15) is 11.4 Å². The molecule has 4 aromatic rings. The van der Waals surface area contributed by atoms with Crippen molar-refractivity contribution in [2.24, 2.45) is 0 Å².